The quantitative estimate of drug-likeness (QED) is 0.923. The second-order valence-electron chi connectivity index (χ2n) is 5.38. The van der Waals surface area contributed by atoms with E-state index in [1.165, 1.54) is 0 Å². The molecule has 1 saturated heterocycles. The Morgan fingerprint density at radius 2 is 2.21 bits per heavy atom. The van der Waals surface area contributed by atoms with Crippen LogP contribution in [0.3, 0.4) is 0 Å². The van der Waals surface area contributed by atoms with Gasteiger partial charge in [-0.3, -0.25) is 4.90 Å². The van der Waals surface area contributed by atoms with Crippen LogP contribution in [-0.4, -0.2) is 36.7 Å². The molecule has 0 radical (unpaired) electrons. The number of nitrogens with zero attached hydrogens (tertiary/aromatic N) is 1. The first-order valence-electron chi connectivity index (χ1n) is 6.82. The minimum Gasteiger partial charge on any atom is -0.376 e. The summed E-state index contributed by atoms with van der Waals surface area (Å²) in [5, 5.41) is 0.806. The number of halogens is 1. The average Bonchev–Trinajstić information content (AvgIpc) is 2.80. The van der Waals surface area contributed by atoms with Gasteiger partial charge in [0.25, 0.3) is 0 Å². The molecule has 0 saturated carbocycles. The number of hydrogen-bond acceptors (Lipinski definition) is 3. The predicted octanol–water partition coefficient (Wildman–Crippen LogP) is 2.84. The second-order valence-corrected chi connectivity index (χ2v) is 5.79. The van der Waals surface area contributed by atoms with E-state index in [0.717, 1.165) is 23.6 Å². The first kappa shape index (κ1) is 14.8. The number of ether oxygens (including phenoxy) is 1. The summed E-state index contributed by atoms with van der Waals surface area (Å²) in [5.41, 5.74) is 7.10. The molecule has 0 aliphatic carbocycles. The maximum absolute atomic E-state index is 6.31. The number of hydrogen-bond donors (Lipinski definition) is 1. The van der Waals surface area contributed by atoms with Crippen LogP contribution < -0.4 is 5.73 Å². The van der Waals surface area contributed by atoms with E-state index in [4.69, 9.17) is 22.1 Å². The van der Waals surface area contributed by atoms with Crippen molar-refractivity contribution in [1.29, 1.82) is 0 Å². The lowest BCUT2D eigenvalue weighted by Crippen LogP contribution is -2.57. The molecule has 4 heteroatoms. The van der Waals surface area contributed by atoms with Gasteiger partial charge < -0.3 is 10.5 Å². The van der Waals surface area contributed by atoms with Gasteiger partial charge in [-0.15, -0.1) is 0 Å². The molecule has 1 fully saturated rings. The van der Waals surface area contributed by atoms with Crippen molar-refractivity contribution in [3.8, 4) is 0 Å². The van der Waals surface area contributed by atoms with Crippen molar-refractivity contribution in [2.24, 2.45) is 5.73 Å². The minimum absolute atomic E-state index is 0.0986. The van der Waals surface area contributed by atoms with E-state index >= 15 is 0 Å². The lowest BCUT2D eigenvalue weighted by Gasteiger charge is -2.44. The summed E-state index contributed by atoms with van der Waals surface area (Å²) in [6, 6.07) is 8.20. The zero-order chi connectivity index (χ0) is 14.0. The molecule has 1 aromatic rings. The Labute approximate surface area is 120 Å². The molecule has 0 aromatic heterocycles. The zero-order valence-corrected chi connectivity index (χ0v) is 12.7. The molecule has 3 atom stereocenters. The lowest BCUT2D eigenvalue weighted by molar-refractivity contribution is 0.00938. The van der Waals surface area contributed by atoms with Gasteiger partial charge in [-0.1, -0.05) is 29.8 Å². The Morgan fingerprint density at radius 1 is 1.53 bits per heavy atom. The van der Waals surface area contributed by atoms with Crippen LogP contribution in [0.1, 0.15) is 31.9 Å². The highest BCUT2D eigenvalue weighted by atomic mass is 35.5. The third-order valence-electron chi connectivity index (χ3n) is 4.65. The minimum atomic E-state index is -0.0986. The SMILES string of the molecule is CC(c1ccccc1Cl)N(C)C1(CN)CCOC1C. The van der Waals surface area contributed by atoms with Crippen LogP contribution in [0.5, 0.6) is 0 Å². The van der Waals surface area contributed by atoms with Gasteiger partial charge in [-0.05, 0) is 38.9 Å². The maximum atomic E-state index is 6.31. The molecule has 1 aliphatic heterocycles. The smallest absolute Gasteiger partial charge is 0.0743 e. The molecule has 0 amide bonds. The first-order valence-corrected chi connectivity index (χ1v) is 7.20. The third-order valence-corrected chi connectivity index (χ3v) is 5.00. The summed E-state index contributed by atoms with van der Waals surface area (Å²) in [6.07, 6.45) is 1.11. The van der Waals surface area contributed by atoms with Crippen molar-refractivity contribution in [2.45, 2.75) is 38.0 Å². The van der Waals surface area contributed by atoms with Gasteiger partial charge in [0, 0.05) is 24.2 Å². The lowest BCUT2D eigenvalue weighted by atomic mass is 9.88. The van der Waals surface area contributed by atoms with Crippen LogP contribution in [0.2, 0.25) is 5.02 Å². The van der Waals surface area contributed by atoms with Crippen molar-refractivity contribution in [3.05, 3.63) is 34.9 Å². The fourth-order valence-electron chi connectivity index (χ4n) is 3.05. The van der Waals surface area contributed by atoms with E-state index < -0.39 is 0 Å². The summed E-state index contributed by atoms with van der Waals surface area (Å²) in [5.74, 6) is 0. The maximum Gasteiger partial charge on any atom is 0.0743 e. The van der Waals surface area contributed by atoms with Crippen molar-refractivity contribution < 1.29 is 4.74 Å². The van der Waals surface area contributed by atoms with Crippen LogP contribution in [0.25, 0.3) is 0 Å². The Morgan fingerprint density at radius 3 is 2.74 bits per heavy atom. The Balaban J connectivity index is 2.28. The van der Waals surface area contributed by atoms with Crippen LogP contribution in [0.4, 0.5) is 0 Å². The van der Waals surface area contributed by atoms with Gasteiger partial charge in [-0.25, -0.2) is 0 Å². The van der Waals surface area contributed by atoms with Gasteiger partial charge in [0.15, 0.2) is 0 Å². The highest BCUT2D eigenvalue weighted by molar-refractivity contribution is 6.31. The summed E-state index contributed by atoms with van der Waals surface area (Å²) in [4.78, 5) is 2.33. The number of nitrogens with two attached hydrogens (primary N) is 1. The van der Waals surface area contributed by atoms with Crippen LogP contribution in [0, 0.1) is 0 Å². The third kappa shape index (κ3) is 2.52. The highest BCUT2D eigenvalue weighted by Gasteiger charge is 2.45. The van der Waals surface area contributed by atoms with Gasteiger partial charge >= 0.3 is 0 Å². The molecule has 0 spiro atoms. The number of rotatable bonds is 4. The summed E-state index contributed by atoms with van der Waals surface area (Å²) in [6.45, 7) is 5.65. The predicted molar refractivity (Wildman–Crippen MR) is 79.4 cm³/mol. The first-order chi connectivity index (χ1) is 9.03. The van der Waals surface area contributed by atoms with Crippen molar-refractivity contribution >= 4 is 11.6 Å². The van der Waals surface area contributed by atoms with Gasteiger partial charge in [0.2, 0.25) is 0 Å². The van der Waals surface area contributed by atoms with E-state index in [1.54, 1.807) is 0 Å². The summed E-state index contributed by atoms with van der Waals surface area (Å²) in [7, 11) is 2.12. The van der Waals surface area contributed by atoms with E-state index in [1.807, 2.05) is 18.2 Å². The molecule has 106 valence electrons. The van der Waals surface area contributed by atoms with Crippen LogP contribution in [-0.2, 0) is 4.74 Å². The number of likely N-dealkylation sites (N-methyl/N-ethyl adjacent to an activating group) is 1. The molecule has 1 heterocycles. The van der Waals surface area contributed by atoms with Gasteiger partial charge in [-0.2, -0.15) is 0 Å². The molecule has 2 rings (SSSR count). The molecule has 1 aromatic carbocycles. The molecule has 1 aliphatic rings. The van der Waals surface area contributed by atoms with Gasteiger partial charge in [0.05, 0.1) is 11.6 Å². The normalized spacial score (nSPS) is 28.8. The van der Waals surface area contributed by atoms with Crippen LogP contribution >= 0.6 is 11.6 Å². The molecule has 19 heavy (non-hydrogen) atoms. The van der Waals surface area contributed by atoms with E-state index in [9.17, 15) is 0 Å². The Kier molecular flexibility index (Phi) is 4.51. The monoisotopic (exact) mass is 282 g/mol. The standard InChI is InChI=1S/C15H23ClN2O/c1-11(13-6-4-5-7-14(13)16)18(3)15(10-17)8-9-19-12(15)2/h4-7,11-12H,8-10,17H2,1-3H3. The highest BCUT2D eigenvalue weighted by Crippen LogP contribution is 2.37. The van der Waals surface area contributed by atoms with E-state index in [0.29, 0.717) is 6.54 Å². The van der Waals surface area contributed by atoms with E-state index in [-0.39, 0.29) is 17.7 Å². The summed E-state index contributed by atoms with van der Waals surface area (Å²) < 4.78 is 5.74. The Hall–Kier alpha value is -0.610. The van der Waals surface area contributed by atoms with E-state index in [2.05, 4.69) is 31.9 Å². The molecule has 3 unspecified atom stereocenters. The molecule has 2 N–H and O–H groups in total. The number of benzene rings is 1. The molecular formula is C15H23ClN2O. The van der Waals surface area contributed by atoms with Gasteiger partial charge in [0.1, 0.15) is 0 Å². The Bertz CT molecular complexity index is 440. The molecule has 3 nitrogen and oxygen atoms in total. The second kappa shape index (κ2) is 5.80. The molecular weight excluding hydrogens is 260 g/mol. The fourth-order valence-corrected chi connectivity index (χ4v) is 3.35. The topological polar surface area (TPSA) is 38.5 Å². The van der Waals surface area contributed by atoms with Crippen molar-refractivity contribution in [3.63, 3.8) is 0 Å². The van der Waals surface area contributed by atoms with Crippen LogP contribution in [0.15, 0.2) is 24.3 Å². The summed E-state index contributed by atoms with van der Waals surface area (Å²) >= 11 is 6.31. The van der Waals surface area contributed by atoms with Crippen molar-refractivity contribution in [2.75, 3.05) is 20.2 Å². The van der Waals surface area contributed by atoms with Crippen molar-refractivity contribution in [1.82, 2.24) is 4.90 Å². The zero-order valence-electron chi connectivity index (χ0n) is 11.9. The largest absolute Gasteiger partial charge is 0.376 e. The molecule has 0 bridgehead atoms. The average molecular weight is 283 g/mol. The fraction of sp³-hybridized carbons (Fsp3) is 0.600.